The van der Waals surface area contributed by atoms with Gasteiger partial charge in [-0.15, -0.1) is 0 Å². The van der Waals surface area contributed by atoms with E-state index < -0.39 is 0 Å². The summed E-state index contributed by atoms with van der Waals surface area (Å²) in [6.07, 6.45) is 5.78. The van der Waals surface area contributed by atoms with E-state index in [1.807, 2.05) is 59.0 Å². The summed E-state index contributed by atoms with van der Waals surface area (Å²) < 4.78 is 1.91. The molecular weight excluding hydrogens is 438 g/mol. The van der Waals surface area contributed by atoms with E-state index in [-0.39, 0.29) is 11.9 Å². The van der Waals surface area contributed by atoms with E-state index in [4.69, 9.17) is 10.1 Å². The van der Waals surface area contributed by atoms with Gasteiger partial charge in [-0.3, -0.25) is 9.48 Å². The van der Waals surface area contributed by atoms with Gasteiger partial charge >= 0.3 is 0 Å². The van der Waals surface area contributed by atoms with Crippen LogP contribution in [0.25, 0.3) is 22.6 Å². The van der Waals surface area contributed by atoms with Gasteiger partial charge < -0.3 is 4.90 Å². The van der Waals surface area contributed by atoms with Gasteiger partial charge in [-0.25, -0.2) is 19.9 Å². The van der Waals surface area contributed by atoms with E-state index in [0.717, 1.165) is 27.7 Å². The van der Waals surface area contributed by atoms with Gasteiger partial charge in [0.15, 0.2) is 17.3 Å². The van der Waals surface area contributed by atoms with Gasteiger partial charge in [-0.1, -0.05) is 48.5 Å². The molecule has 3 aromatic heterocycles. The van der Waals surface area contributed by atoms with Crippen LogP contribution in [0.2, 0.25) is 0 Å². The van der Waals surface area contributed by atoms with Crippen molar-refractivity contribution >= 4 is 16.8 Å². The summed E-state index contributed by atoms with van der Waals surface area (Å²) in [5.74, 6) is 0.917. The molecule has 8 nitrogen and oxygen atoms in total. The molecule has 1 amide bonds. The Hall–Kier alpha value is -4.46. The van der Waals surface area contributed by atoms with Crippen LogP contribution in [0.15, 0.2) is 79.3 Å². The number of hydrogen-bond acceptors (Lipinski definition) is 6. The molecule has 35 heavy (non-hydrogen) atoms. The standard InChI is InChI=1S/C27H23N7O/c1-18-21-16-30-26(25-28-13-7-14-29-25)31-22(21)12-15-33(18)27(35)24-20-10-5-6-11-23(20)34(32-24)17-19-8-3-2-4-9-19/h2-11,13-14,16,18H,12,15,17H2,1H3. The molecular formula is C27H23N7O. The summed E-state index contributed by atoms with van der Waals surface area (Å²) in [6.45, 7) is 3.17. The smallest absolute Gasteiger partial charge is 0.275 e. The van der Waals surface area contributed by atoms with Crippen LogP contribution in [0.5, 0.6) is 0 Å². The lowest BCUT2D eigenvalue weighted by Gasteiger charge is -2.34. The lowest BCUT2D eigenvalue weighted by atomic mass is 9.99. The lowest BCUT2D eigenvalue weighted by molar-refractivity contribution is 0.0670. The Morgan fingerprint density at radius 3 is 2.54 bits per heavy atom. The molecule has 0 saturated heterocycles. The van der Waals surface area contributed by atoms with Gasteiger partial charge in [-0.05, 0) is 24.6 Å². The van der Waals surface area contributed by atoms with Crippen molar-refractivity contribution in [1.29, 1.82) is 0 Å². The molecule has 5 aromatic rings. The van der Waals surface area contributed by atoms with Gasteiger partial charge in [0.05, 0.1) is 23.8 Å². The number of nitrogens with zero attached hydrogens (tertiary/aromatic N) is 7. The molecule has 2 aromatic carbocycles. The number of para-hydroxylation sites is 1. The molecule has 172 valence electrons. The molecule has 0 bridgehead atoms. The molecule has 4 heterocycles. The zero-order valence-electron chi connectivity index (χ0n) is 19.2. The van der Waals surface area contributed by atoms with E-state index in [1.165, 1.54) is 0 Å². The number of amides is 1. The van der Waals surface area contributed by atoms with Crippen LogP contribution < -0.4 is 0 Å². The number of hydrogen-bond donors (Lipinski definition) is 0. The van der Waals surface area contributed by atoms with Gasteiger partial charge in [0.1, 0.15) is 0 Å². The predicted octanol–water partition coefficient (Wildman–Crippen LogP) is 4.09. The van der Waals surface area contributed by atoms with Crippen LogP contribution in [0.3, 0.4) is 0 Å². The molecule has 1 atom stereocenters. The number of fused-ring (bicyclic) bond motifs is 2. The second-order valence-electron chi connectivity index (χ2n) is 8.60. The van der Waals surface area contributed by atoms with Gasteiger partial charge in [0.25, 0.3) is 5.91 Å². The van der Waals surface area contributed by atoms with E-state index in [1.54, 1.807) is 24.7 Å². The van der Waals surface area contributed by atoms with Crippen LogP contribution in [-0.2, 0) is 13.0 Å². The normalized spacial score (nSPS) is 15.2. The largest absolute Gasteiger partial charge is 0.330 e. The zero-order valence-corrected chi connectivity index (χ0v) is 19.2. The zero-order chi connectivity index (χ0) is 23.8. The minimum atomic E-state index is -0.171. The van der Waals surface area contributed by atoms with E-state index in [0.29, 0.717) is 36.9 Å². The second kappa shape index (κ2) is 8.72. The average molecular weight is 462 g/mol. The Labute approximate surface area is 202 Å². The monoisotopic (exact) mass is 461 g/mol. The van der Waals surface area contributed by atoms with Crippen molar-refractivity contribution in [3.05, 3.63) is 102 Å². The van der Waals surface area contributed by atoms with Crippen molar-refractivity contribution in [1.82, 2.24) is 34.6 Å². The third-order valence-corrected chi connectivity index (χ3v) is 6.47. The van der Waals surface area contributed by atoms with Gasteiger partial charge in [0, 0.05) is 42.5 Å². The first-order valence-electron chi connectivity index (χ1n) is 11.6. The van der Waals surface area contributed by atoms with Crippen LogP contribution in [0, 0.1) is 0 Å². The first-order chi connectivity index (χ1) is 17.2. The van der Waals surface area contributed by atoms with E-state index in [9.17, 15) is 4.79 Å². The summed E-state index contributed by atoms with van der Waals surface area (Å²) in [7, 11) is 0. The van der Waals surface area contributed by atoms with Crippen molar-refractivity contribution in [2.45, 2.75) is 25.9 Å². The SMILES string of the molecule is CC1c2cnc(-c3ncccn3)nc2CCN1C(=O)c1nn(Cc2ccccc2)c2ccccc12. The highest BCUT2D eigenvalue weighted by Crippen LogP contribution is 2.31. The van der Waals surface area contributed by atoms with Crippen molar-refractivity contribution < 1.29 is 4.79 Å². The van der Waals surface area contributed by atoms with Crippen LogP contribution in [-0.4, -0.2) is 47.1 Å². The highest BCUT2D eigenvalue weighted by Gasteiger charge is 2.32. The molecule has 8 heteroatoms. The van der Waals surface area contributed by atoms with Crippen LogP contribution >= 0.6 is 0 Å². The fourth-order valence-corrected chi connectivity index (χ4v) is 4.66. The van der Waals surface area contributed by atoms with Crippen molar-refractivity contribution in [2.24, 2.45) is 0 Å². The number of benzene rings is 2. The topological polar surface area (TPSA) is 89.7 Å². The third-order valence-electron chi connectivity index (χ3n) is 6.47. The first-order valence-corrected chi connectivity index (χ1v) is 11.6. The molecule has 1 aliphatic heterocycles. The second-order valence-corrected chi connectivity index (χ2v) is 8.60. The molecule has 1 aliphatic rings. The Balaban J connectivity index is 1.32. The first kappa shape index (κ1) is 21.1. The molecule has 0 radical (unpaired) electrons. The van der Waals surface area contributed by atoms with Gasteiger partial charge in [-0.2, -0.15) is 5.10 Å². The molecule has 6 rings (SSSR count). The highest BCUT2D eigenvalue weighted by atomic mass is 16.2. The van der Waals surface area contributed by atoms with Crippen molar-refractivity contribution in [3.63, 3.8) is 0 Å². The Kier molecular flexibility index (Phi) is 5.25. The highest BCUT2D eigenvalue weighted by molar-refractivity contribution is 6.05. The molecule has 0 saturated carbocycles. The van der Waals surface area contributed by atoms with Crippen LogP contribution in [0.4, 0.5) is 0 Å². The number of carbonyl (C=O) groups excluding carboxylic acids is 1. The predicted molar refractivity (Wildman–Crippen MR) is 131 cm³/mol. The summed E-state index contributed by atoms with van der Waals surface area (Å²) in [4.78, 5) is 33.3. The minimum Gasteiger partial charge on any atom is -0.330 e. The lowest BCUT2D eigenvalue weighted by Crippen LogP contribution is -2.39. The number of aromatic nitrogens is 6. The maximum absolute atomic E-state index is 13.8. The molecule has 0 spiro atoms. The van der Waals surface area contributed by atoms with E-state index >= 15 is 0 Å². The molecule has 0 aliphatic carbocycles. The molecule has 0 fully saturated rings. The Morgan fingerprint density at radius 2 is 1.71 bits per heavy atom. The Morgan fingerprint density at radius 1 is 0.943 bits per heavy atom. The fourth-order valence-electron chi connectivity index (χ4n) is 4.66. The third kappa shape index (κ3) is 3.82. The summed E-state index contributed by atoms with van der Waals surface area (Å²) in [6, 6.07) is 19.6. The summed E-state index contributed by atoms with van der Waals surface area (Å²) >= 11 is 0. The number of rotatable bonds is 4. The quantitative estimate of drug-likeness (QED) is 0.400. The van der Waals surface area contributed by atoms with Crippen molar-refractivity contribution in [3.8, 4) is 11.6 Å². The van der Waals surface area contributed by atoms with Gasteiger partial charge in [0.2, 0.25) is 0 Å². The maximum Gasteiger partial charge on any atom is 0.275 e. The minimum absolute atomic E-state index is 0.0818. The maximum atomic E-state index is 13.8. The molecule has 1 unspecified atom stereocenters. The fraction of sp³-hybridized carbons (Fsp3) is 0.185. The number of carbonyl (C=O) groups is 1. The molecule has 0 N–H and O–H groups in total. The summed E-state index contributed by atoms with van der Waals surface area (Å²) in [5.41, 5.74) is 4.42. The van der Waals surface area contributed by atoms with Crippen LogP contribution in [0.1, 0.15) is 40.3 Å². The van der Waals surface area contributed by atoms with Crippen molar-refractivity contribution in [2.75, 3.05) is 6.54 Å². The summed E-state index contributed by atoms with van der Waals surface area (Å²) in [5, 5.41) is 5.64. The van der Waals surface area contributed by atoms with E-state index in [2.05, 4.69) is 27.1 Å². The Bertz CT molecular complexity index is 1520. The average Bonchev–Trinajstić information content (AvgIpc) is 3.28.